The highest BCUT2D eigenvalue weighted by Crippen LogP contribution is 2.18. The number of likely N-dealkylation sites (N-methyl/N-ethyl adjacent to an activating group) is 1. The molecule has 0 radical (unpaired) electrons. The molecule has 1 aromatic heterocycles. The molecule has 94 valence electrons. The Labute approximate surface area is 104 Å². The number of nitrogens with zero attached hydrogens (tertiary/aromatic N) is 2. The van der Waals surface area contributed by atoms with Crippen LogP contribution in [-0.2, 0) is 6.42 Å². The molecular formula is C13H13F2N3. The minimum absolute atomic E-state index is 0.248. The topological polar surface area (TPSA) is 37.8 Å². The molecule has 0 aliphatic heterocycles. The van der Waals surface area contributed by atoms with E-state index in [0.717, 1.165) is 6.07 Å². The Morgan fingerprint density at radius 2 is 1.89 bits per heavy atom. The molecule has 5 heteroatoms. The first-order chi connectivity index (χ1) is 8.72. The fourth-order valence-electron chi connectivity index (χ4n) is 1.74. The van der Waals surface area contributed by atoms with Crippen LogP contribution in [0.15, 0.2) is 36.7 Å². The predicted octanol–water partition coefficient (Wildman–Crippen LogP) is 2.26. The fourth-order valence-corrected chi connectivity index (χ4v) is 1.74. The normalized spacial score (nSPS) is 12.4. The lowest BCUT2D eigenvalue weighted by atomic mass is 10.0. The molecule has 0 bridgehead atoms. The summed E-state index contributed by atoms with van der Waals surface area (Å²) in [4.78, 5) is 8.22. The largest absolute Gasteiger partial charge is 0.310 e. The van der Waals surface area contributed by atoms with E-state index < -0.39 is 11.6 Å². The van der Waals surface area contributed by atoms with Crippen LogP contribution in [0.25, 0.3) is 0 Å². The molecule has 1 heterocycles. The molecule has 1 unspecified atom stereocenters. The summed E-state index contributed by atoms with van der Waals surface area (Å²) in [6.45, 7) is 0. The summed E-state index contributed by atoms with van der Waals surface area (Å²) in [6, 6.07) is 5.62. The van der Waals surface area contributed by atoms with Gasteiger partial charge in [0.05, 0.1) is 6.04 Å². The summed E-state index contributed by atoms with van der Waals surface area (Å²) in [7, 11) is 1.73. The van der Waals surface area contributed by atoms with Crippen LogP contribution in [0.3, 0.4) is 0 Å². The summed E-state index contributed by atoms with van der Waals surface area (Å²) in [5.41, 5.74) is 0.307. The summed E-state index contributed by atoms with van der Waals surface area (Å²) >= 11 is 0. The lowest BCUT2D eigenvalue weighted by molar-refractivity contribution is 0.482. The minimum Gasteiger partial charge on any atom is -0.310 e. The van der Waals surface area contributed by atoms with Gasteiger partial charge in [-0.15, -0.1) is 0 Å². The molecule has 2 rings (SSSR count). The molecule has 0 spiro atoms. The van der Waals surface area contributed by atoms with Crippen LogP contribution in [0.1, 0.15) is 17.4 Å². The summed E-state index contributed by atoms with van der Waals surface area (Å²) in [6.07, 6.45) is 3.54. The molecule has 0 fully saturated rings. The van der Waals surface area contributed by atoms with Crippen molar-refractivity contribution in [2.75, 3.05) is 7.05 Å². The fraction of sp³-hybridized carbons (Fsp3) is 0.231. The van der Waals surface area contributed by atoms with Crippen molar-refractivity contribution in [2.45, 2.75) is 12.5 Å². The van der Waals surface area contributed by atoms with Gasteiger partial charge in [-0.1, -0.05) is 12.1 Å². The third-order valence-electron chi connectivity index (χ3n) is 2.70. The van der Waals surface area contributed by atoms with Crippen LogP contribution in [0.5, 0.6) is 0 Å². The van der Waals surface area contributed by atoms with Crippen molar-refractivity contribution in [3.63, 3.8) is 0 Å². The maximum Gasteiger partial charge on any atom is 0.162 e. The molecule has 1 aromatic carbocycles. The maximum absolute atomic E-state index is 13.6. The average molecular weight is 249 g/mol. The highest BCUT2D eigenvalue weighted by molar-refractivity contribution is 5.21. The van der Waals surface area contributed by atoms with Gasteiger partial charge in [0.1, 0.15) is 5.82 Å². The lowest BCUT2D eigenvalue weighted by Crippen LogP contribution is -2.21. The van der Waals surface area contributed by atoms with E-state index in [9.17, 15) is 8.78 Å². The Morgan fingerprint density at radius 1 is 1.17 bits per heavy atom. The number of halogens is 2. The average Bonchev–Trinajstić information content (AvgIpc) is 2.41. The number of nitrogens with one attached hydrogen (secondary N) is 1. The van der Waals surface area contributed by atoms with E-state index in [1.54, 1.807) is 31.6 Å². The Morgan fingerprint density at radius 3 is 2.56 bits per heavy atom. The predicted molar refractivity (Wildman–Crippen MR) is 63.9 cm³/mol. The van der Waals surface area contributed by atoms with Crippen LogP contribution in [-0.4, -0.2) is 17.0 Å². The van der Waals surface area contributed by atoms with Crippen molar-refractivity contribution < 1.29 is 8.78 Å². The van der Waals surface area contributed by atoms with Crippen molar-refractivity contribution in [3.05, 3.63) is 59.7 Å². The second-order valence-electron chi connectivity index (χ2n) is 3.87. The summed E-state index contributed by atoms with van der Waals surface area (Å²) < 4.78 is 26.7. The second kappa shape index (κ2) is 5.64. The van der Waals surface area contributed by atoms with Crippen molar-refractivity contribution >= 4 is 0 Å². The van der Waals surface area contributed by atoms with Crippen molar-refractivity contribution in [2.24, 2.45) is 0 Å². The van der Waals surface area contributed by atoms with Gasteiger partial charge in [0.2, 0.25) is 0 Å². The molecule has 0 saturated heterocycles. The zero-order valence-corrected chi connectivity index (χ0v) is 9.90. The molecule has 1 N–H and O–H groups in total. The Hall–Kier alpha value is -1.88. The van der Waals surface area contributed by atoms with Crippen molar-refractivity contribution in [3.8, 4) is 0 Å². The van der Waals surface area contributed by atoms with E-state index in [-0.39, 0.29) is 6.04 Å². The number of benzene rings is 1. The molecule has 18 heavy (non-hydrogen) atoms. The molecule has 0 saturated carbocycles. The van der Waals surface area contributed by atoms with Gasteiger partial charge in [0.25, 0.3) is 0 Å². The SMILES string of the molecule is CNC(Cc1cccc(F)c1F)c1ncccn1. The van der Waals surface area contributed by atoms with Gasteiger partial charge in [-0.2, -0.15) is 0 Å². The third kappa shape index (κ3) is 2.68. The zero-order valence-electron chi connectivity index (χ0n) is 9.90. The highest BCUT2D eigenvalue weighted by Gasteiger charge is 2.16. The van der Waals surface area contributed by atoms with Crippen LogP contribution in [0.4, 0.5) is 8.78 Å². The highest BCUT2D eigenvalue weighted by atomic mass is 19.2. The van der Waals surface area contributed by atoms with E-state index >= 15 is 0 Å². The molecule has 2 aromatic rings. The van der Waals surface area contributed by atoms with Gasteiger partial charge in [-0.05, 0) is 31.2 Å². The zero-order chi connectivity index (χ0) is 13.0. The first kappa shape index (κ1) is 12.6. The molecule has 0 aliphatic carbocycles. The number of hydrogen-bond acceptors (Lipinski definition) is 3. The van der Waals surface area contributed by atoms with Crippen LogP contribution < -0.4 is 5.32 Å². The smallest absolute Gasteiger partial charge is 0.162 e. The second-order valence-corrected chi connectivity index (χ2v) is 3.87. The van der Waals surface area contributed by atoms with Crippen LogP contribution in [0, 0.1) is 11.6 Å². The van der Waals surface area contributed by atoms with E-state index in [2.05, 4.69) is 15.3 Å². The Bertz CT molecular complexity index is 517. The van der Waals surface area contributed by atoms with Gasteiger partial charge in [0, 0.05) is 12.4 Å². The molecule has 0 amide bonds. The monoisotopic (exact) mass is 249 g/mol. The lowest BCUT2D eigenvalue weighted by Gasteiger charge is -2.15. The number of hydrogen-bond donors (Lipinski definition) is 1. The van der Waals surface area contributed by atoms with Crippen LogP contribution in [0.2, 0.25) is 0 Å². The quantitative estimate of drug-likeness (QED) is 0.903. The van der Waals surface area contributed by atoms with Crippen molar-refractivity contribution in [1.82, 2.24) is 15.3 Å². The minimum atomic E-state index is -0.837. The Balaban J connectivity index is 2.24. The number of rotatable bonds is 4. The summed E-state index contributed by atoms with van der Waals surface area (Å²) in [5, 5.41) is 3.00. The number of aromatic nitrogens is 2. The van der Waals surface area contributed by atoms with Gasteiger partial charge >= 0.3 is 0 Å². The van der Waals surface area contributed by atoms with E-state index in [1.165, 1.54) is 6.07 Å². The molecular weight excluding hydrogens is 236 g/mol. The van der Waals surface area contributed by atoms with Crippen molar-refractivity contribution in [1.29, 1.82) is 0 Å². The van der Waals surface area contributed by atoms with E-state index in [1.807, 2.05) is 0 Å². The van der Waals surface area contributed by atoms with Gasteiger partial charge in [-0.25, -0.2) is 18.7 Å². The molecule has 1 atom stereocenters. The maximum atomic E-state index is 13.6. The van der Waals surface area contributed by atoms with Gasteiger partial charge in [-0.3, -0.25) is 0 Å². The Kier molecular flexibility index (Phi) is 3.94. The van der Waals surface area contributed by atoms with E-state index in [4.69, 9.17) is 0 Å². The third-order valence-corrected chi connectivity index (χ3v) is 2.70. The molecule has 0 aliphatic rings. The summed E-state index contributed by atoms with van der Waals surface area (Å²) in [5.74, 6) is -1.09. The first-order valence-corrected chi connectivity index (χ1v) is 5.59. The first-order valence-electron chi connectivity index (χ1n) is 5.59. The standard InChI is InChI=1S/C13H13F2N3/c1-16-11(13-17-6-3-7-18-13)8-9-4-2-5-10(14)12(9)15/h2-7,11,16H,8H2,1H3. The molecule has 3 nitrogen and oxygen atoms in total. The van der Waals surface area contributed by atoms with Crippen LogP contribution >= 0.6 is 0 Å². The van der Waals surface area contributed by atoms with E-state index in [0.29, 0.717) is 17.8 Å². The van der Waals surface area contributed by atoms with Gasteiger partial charge in [0.15, 0.2) is 11.6 Å². The van der Waals surface area contributed by atoms with Gasteiger partial charge < -0.3 is 5.32 Å².